The van der Waals surface area contributed by atoms with Crippen LogP contribution in [0.3, 0.4) is 0 Å². The van der Waals surface area contributed by atoms with Gasteiger partial charge in [0.2, 0.25) is 5.95 Å². The molecule has 0 saturated carbocycles. The molecule has 1 heterocycles. The molecule has 0 aliphatic rings. The first kappa shape index (κ1) is 13.4. The zero-order valence-corrected chi connectivity index (χ0v) is 10.5. The number of benzene rings is 1. The number of carbonyl (C=O) groups is 1. The molecule has 0 unspecified atom stereocenters. The van der Waals surface area contributed by atoms with Crippen LogP contribution in [0.5, 0.6) is 0 Å². The Morgan fingerprint density at radius 3 is 2.65 bits per heavy atom. The van der Waals surface area contributed by atoms with Gasteiger partial charge in [-0.1, -0.05) is 0 Å². The maximum absolute atomic E-state index is 11.6. The number of aryl methyl sites for hydroxylation is 1. The highest BCUT2D eigenvalue weighted by Crippen LogP contribution is 2.12. The van der Waals surface area contributed by atoms with Crippen LogP contribution in [-0.4, -0.2) is 26.0 Å². The van der Waals surface area contributed by atoms with E-state index in [2.05, 4.69) is 20.5 Å². The third-order valence-corrected chi connectivity index (χ3v) is 2.36. The van der Waals surface area contributed by atoms with Gasteiger partial charge in [0.15, 0.2) is 0 Å². The lowest BCUT2D eigenvalue weighted by Gasteiger charge is -1.95. The van der Waals surface area contributed by atoms with Crippen molar-refractivity contribution in [3.63, 3.8) is 0 Å². The number of hydrogen-bond acceptors (Lipinski definition) is 5. The van der Waals surface area contributed by atoms with Gasteiger partial charge in [-0.05, 0) is 30.7 Å². The second kappa shape index (κ2) is 5.74. The summed E-state index contributed by atoms with van der Waals surface area (Å²) in [6, 6.07) is 5.85. The molecule has 2 rings (SSSR count). The fraction of sp³-hybridized carbons (Fsp3) is 0.0833. The lowest BCUT2D eigenvalue weighted by atomic mass is 10.2. The van der Waals surface area contributed by atoms with Crippen molar-refractivity contribution in [2.75, 3.05) is 5.32 Å². The Kier molecular flexibility index (Phi) is 3.85. The summed E-state index contributed by atoms with van der Waals surface area (Å²) in [4.78, 5) is 25.5. The molecule has 1 aromatic carbocycles. The number of H-pyrrole nitrogens is 1. The number of anilines is 1. The summed E-state index contributed by atoms with van der Waals surface area (Å²) >= 11 is 0. The first-order valence-corrected chi connectivity index (χ1v) is 5.67. The Balaban J connectivity index is 1.98. The maximum Gasteiger partial charge on any atom is 0.269 e. The van der Waals surface area contributed by atoms with Crippen LogP contribution >= 0.6 is 0 Å². The first-order valence-electron chi connectivity index (χ1n) is 5.67. The molecular weight excluding hydrogens is 262 g/mol. The SMILES string of the molecule is Cc1nc(NC(=O)/C=C/c2ccc([N+](=O)[O-])cc2)n[nH]1. The van der Waals surface area contributed by atoms with Crippen LogP contribution in [-0.2, 0) is 4.79 Å². The van der Waals surface area contributed by atoms with Crippen LogP contribution in [0.25, 0.3) is 6.08 Å². The normalized spacial score (nSPS) is 10.7. The minimum absolute atomic E-state index is 0.00259. The summed E-state index contributed by atoms with van der Waals surface area (Å²) in [5.41, 5.74) is 0.680. The van der Waals surface area contributed by atoms with E-state index >= 15 is 0 Å². The number of carbonyl (C=O) groups excluding carboxylic acids is 1. The van der Waals surface area contributed by atoms with Crippen LogP contribution in [0.2, 0.25) is 0 Å². The highest BCUT2D eigenvalue weighted by atomic mass is 16.6. The second-order valence-electron chi connectivity index (χ2n) is 3.92. The average molecular weight is 273 g/mol. The Hall–Kier alpha value is -3.03. The Morgan fingerprint density at radius 2 is 2.10 bits per heavy atom. The van der Waals surface area contributed by atoms with Gasteiger partial charge in [-0.15, -0.1) is 5.10 Å². The molecule has 2 N–H and O–H groups in total. The molecule has 0 atom stereocenters. The molecule has 2 aromatic rings. The van der Waals surface area contributed by atoms with Gasteiger partial charge >= 0.3 is 0 Å². The third kappa shape index (κ3) is 3.48. The van der Waals surface area contributed by atoms with Gasteiger partial charge in [0.25, 0.3) is 11.6 Å². The number of nitro benzene ring substituents is 1. The average Bonchev–Trinajstić information content (AvgIpc) is 2.82. The maximum atomic E-state index is 11.6. The van der Waals surface area contributed by atoms with E-state index in [1.807, 2.05) is 0 Å². The van der Waals surface area contributed by atoms with E-state index in [0.717, 1.165) is 0 Å². The van der Waals surface area contributed by atoms with E-state index in [9.17, 15) is 14.9 Å². The molecule has 0 saturated heterocycles. The largest absolute Gasteiger partial charge is 0.290 e. The molecule has 1 amide bonds. The summed E-state index contributed by atoms with van der Waals surface area (Å²) in [6.45, 7) is 1.72. The van der Waals surface area contributed by atoms with Crippen molar-refractivity contribution in [1.29, 1.82) is 0 Å². The highest BCUT2D eigenvalue weighted by Gasteiger charge is 2.04. The number of rotatable bonds is 4. The van der Waals surface area contributed by atoms with Gasteiger partial charge in [0, 0.05) is 18.2 Å². The van der Waals surface area contributed by atoms with Crippen molar-refractivity contribution in [3.05, 3.63) is 51.8 Å². The van der Waals surface area contributed by atoms with Crippen molar-refractivity contribution in [2.45, 2.75) is 6.92 Å². The number of nitrogens with one attached hydrogen (secondary N) is 2. The molecule has 0 aliphatic heterocycles. The lowest BCUT2D eigenvalue weighted by Crippen LogP contribution is -2.09. The van der Waals surface area contributed by atoms with Crippen molar-refractivity contribution in [2.24, 2.45) is 0 Å². The molecule has 1 aromatic heterocycles. The summed E-state index contributed by atoms with van der Waals surface area (Å²) in [7, 11) is 0. The number of aromatic nitrogens is 3. The van der Waals surface area contributed by atoms with E-state index in [0.29, 0.717) is 11.4 Å². The monoisotopic (exact) mass is 273 g/mol. The zero-order valence-electron chi connectivity index (χ0n) is 10.5. The number of hydrogen-bond donors (Lipinski definition) is 2. The summed E-state index contributed by atoms with van der Waals surface area (Å²) in [5.74, 6) is 0.405. The number of non-ortho nitro benzene ring substituents is 1. The minimum atomic E-state index is -0.480. The van der Waals surface area contributed by atoms with Crippen LogP contribution in [0.15, 0.2) is 30.3 Å². The van der Waals surface area contributed by atoms with Gasteiger partial charge < -0.3 is 0 Å². The zero-order chi connectivity index (χ0) is 14.5. The van der Waals surface area contributed by atoms with Gasteiger partial charge in [-0.25, -0.2) is 0 Å². The molecule has 0 spiro atoms. The van der Waals surface area contributed by atoms with E-state index in [1.165, 1.54) is 18.2 Å². The standard InChI is InChI=1S/C12H11N5O3/c1-8-13-12(16-15-8)14-11(18)7-4-9-2-5-10(6-3-9)17(19)20/h2-7H,1H3,(H2,13,14,15,16,18)/b7-4+. The Bertz CT molecular complexity index is 660. The molecule has 0 aliphatic carbocycles. The van der Waals surface area contributed by atoms with E-state index in [-0.39, 0.29) is 17.5 Å². The van der Waals surface area contributed by atoms with Crippen LogP contribution in [0, 0.1) is 17.0 Å². The van der Waals surface area contributed by atoms with Crippen LogP contribution in [0.4, 0.5) is 11.6 Å². The van der Waals surface area contributed by atoms with Gasteiger partial charge in [0.1, 0.15) is 5.82 Å². The molecular formula is C12H11N5O3. The van der Waals surface area contributed by atoms with Crippen molar-refractivity contribution >= 4 is 23.6 Å². The van der Waals surface area contributed by atoms with Gasteiger partial charge in [-0.2, -0.15) is 4.98 Å². The highest BCUT2D eigenvalue weighted by molar-refractivity contribution is 6.00. The molecule has 0 fully saturated rings. The fourth-order valence-electron chi connectivity index (χ4n) is 1.43. The van der Waals surface area contributed by atoms with Crippen LogP contribution < -0.4 is 5.32 Å². The number of nitrogens with zero attached hydrogens (tertiary/aromatic N) is 3. The minimum Gasteiger partial charge on any atom is -0.290 e. The van der Waals surface area contributed by atoms with Gasteiger partial charge in [-0.3, -0.25) is 25.3 Å². The van der Waals surface area contributed by atoms with Crippen molar-refractivity contribution in [1.82, 2.24) is 15.2 Å². The van der Waals surface area contributed by atoms with Crippen molar-refractivity contribution in [3.8, 4) is 0 Å². The number of aromatic amines is 1. The molecule has 20 heavy (non-hydrogen) atoms. The molecule has 0 radical (unpaired) electrons. The third-order valence-electron chi connectivity index (χ3n) is 2.36. The Morgan fingerprint density at radius 1 is 1.40 bits per heavy atom. The molecule has 102 valence electrons. The summed E-state index contributed by atoms with van der Waals surface area (Å²) in [6.07, 6.45) is 2.84. The predicted octanol–water partition coefficient (Wildman–Crippen LogP) is 1.67. The van der Waals surface area contributed by atoms with E-state index in [1.54, 1.807) is 25.1 Å². The molecule has 0 bridgehead atoms. The van der Waals surface area contributed by atoms with E-state index < -0.39 is 4.92 Å². The van der Waals surface area contributed by atoms with Gasteiger partial charge in [0.05, 0.1) is 4.92 Å². The number of nitro groups is 1. The first-order chi connectivity index (χ1) is 9.54. The van der Waals surface area contributed by atoms with Crippen molar-refractivity contribution < 1.29 is 9.72 Å². The fourth-order valence-corrected chi connectivity index (χ4v) is 1.43. The summed E-state index contributed by atoms with van der Waals surface area (Å²) in [5, 5.41) is 19.3. The lowest BCUT2D eigenvalue weighted by molar-refractivity contribution is -0.384. The molecule has 8 heteroatoms. The van der Waals surface area contributed by atoms with Crippen LogP contribution in [0.1, 0.15) is 11.4 Å². The number of amides is 1. The quantitative estimate of drug-likeness (QED) is 0.499. The Labute approximate surface area is 113 Å². The molecule has 8 nitrogen and oxygen atoms in total. The second-order valence-corrected chi connectivity index (χ2v) is 3.92. The smallest absolute Gasteiger partial charge is 0.269 e. The van der Waals surface area contributed by atoms with E-state index in [4.69, 9.17) is 0 Å². The predicted molar refractivity (Wildman–Crippen MR) is 71.9 cm³/mol. The topological polar surface area (TPSA) is 114 Å². The summed E-state index contributed by atoms with van der Waals surface area (Å²) < 4.78 is 0.